The van der Waals surface area contributed by atoms with Crippen LogP contribution in [0.4, 0.5) is 0 Å². The van der Waals surface area contributed by atoms with Crippen LogP contribution in [0.3, 0.4) is 0 Å². The van der Waals surface area contributed by atoms with Crippen LogP contribution in [-0.4, -0.2) is 39.6 Å². The SMILES string of the molecule is C/C=C\c1cc(OCC2=CC=NC([NH][Sb]([CH3])[CH3])N2)ccc1C. The summed E-state index contributed by atoms with van der Waals surface area (Å²) in [4.78, 5) is 8.95. The molecule has 5 heteroatoms. The summed E-state index contributed by atoms with van der Waals surface area (Å²) >= 11 is -1.27. The van der Waals surface area contributed by atoms with Crippen molar-refractivity contribution < 1.29 is 4.74 Å². The minimum absolute atomic E-state index is 0.00166. The minimum atomic E-state index is -1.27. The quantitative estimate of drug-likeness (QED) is 0.712. The molecule has 0 saturated heterocycles. The van der Waals surface area contributed by atoms with Crippen molar-refractivity contribution in [1.29, 1.82) is 0 Å². The van der Waals surface area contributed by atoms with E-state index in [4.69, 9.17) is 4.74 Å². The first-order valence-electron chi connectivity index (χ1n) is 7.37. The van der Waals surface area contributed by atoms with E-state index in [0.717, 1.165) is 11.4 Å². The second kappa shape index (κ2) is 8.40. The molecule has 1 aromatic rings. The van der Waals surface area contributed by atoms with Gasteiger partial charge < -0.3 is 0 Å². The summed E-state index contributed by atoms with van der Waals surface area (Å²) in [6.07, 6.45) is 7.95. The standard InChI is InChI=1S/C15H18N3O.2CH3.Sb/c1-3-4-12-9-14(6-5-11(12)2)19-10-13-7-8-17-15(16)18-13;;;/h3-9,15-16,18H,10H2,1-2H3;2*1H3;/q-1;;;+1/b4-3-;;;. The van der Waals surface area contributed by atoms with Gasteiger partial charge in [0.25, 0.3) is 0 Å². The molecule has 2 rings (SSSR count). The number of hydrogen-bond acceptors (Lipinski definition) is 4. The van der Waals surface area contributed by atoms with E-state index in [0.29, 0.717) is 6.61 Å². The van der Waals surface area contributed by atoms with Gasteiger partial charge in [-0.1, -0.05) is 0 Å². The molecule has 0 spiro atoms. The first kappa shape index (κ1) is 17.1. The second-order valence-corrected chi connectivity index (χ2v) is 11.2. The Hall–Kier alpha value is -1.25. The van der Waals surface area contributed by atoms with Crippen LogP contribution in [0.2, 0.25) is 9.74 Å². The fraction of sp³-hybridized carbons (Fsp3) is 0.353. The molecular weight excluding hydrogens is 384 g/mol. The molecule has 118 valence electrons. The molecule has 1 aromatic carbocycles. The van der Waals surface area contributed by atoms with E-state index in [1.807, 2.05) is 31.4 Å². The molecule has 0 radical (unpaired) electrons. The number of allylic oxidation sites excluding steroid dienone is 2. The first-order valence-corrected chi connectivity index (χ1v) is 13.7. The van der Waals surface area contributed by atoms with Crippen LogP contribution >= 0.6 is 0 Å². The van der Waals surface area contributed by atoms with Gasteiger partial charge in [0.15, 0.2) is 0 Å². The summed E-state index contributed by atoms with van der Waals surface area (Å²) in [7, 11) is 0. The average molecular weight is 408 g/mol. The van der Waals surface area contributed by atoms with E-state index in [-0.39, 0.29) is 6.29 Å². The van der Waals surface area contributed by atoms with Crippen molar-refractivity contribution in [3.63, 3.8) is 0 Å². The van der Waals surface area contributed by atoms with Gasteiger partial charge in [-0.05, 0) is 0 Å². The molecule has 0 aromatic heterocycles. The van der Waals surface area contributed by atoms with Gasteiger partial charge in [0, 0.05) is 0 Å². The number of rotatable bonds is 6. The number of aryl methyl sites for hydroxylation is 1. The third-order valence-electron chi connectivity index (χ3n) is 3.20. The van der Waals surface area contributed by atoms with Crippen molar-refractivity contribution in [2.75, 3.05) is 6.61 Å². The van der Waals surface area contributed by atoms with Gasteiger partial charge in [0.1, 0.15) is 0 Å². The summed E-state index contributed by atoms with van der Waals surface area (Å²) in [5, 5.41) is 3.37. The van der Waals surface area contributed by atoms with Crippen molar-refractivity contribution >= 4 is 32.8 Å². The summed E-state index contributed by atoms with van der Waals surface area (Å²) in [6.45, 7) is 4.65. The fourth-order valence-corrected chi connectivity index (χ4v) is 3.88. The molecule has 0 fully saturated rings. The molecule has 0 aliphatic carbocycles. The molecule has 1 heterocycles. The van der Waals surface area contributed by atoms with Gasteiger partial charge in [0.2, 0.25) is 0 Å². The fourth-order valence-electron chi connectivity index (χ4n) is 2.11. The second-order valence-electron chi connectivity index (χ2n) is 5.37. The van der Waals surface area contributed by atoms with Gasteiger partial charge in [-0.15, -0.1) is 0 Å². The molecule has 1 atom stereocenters. The maximum absolute atomic E-state index is 5.90. The number of nitrogens with one attached hydrogen (secondary N) is 2. The van der Waals surface area contributed by atoms with Crippen LogP contribution in [0.1, 0.15) is 18.1 Å². The summed E-state index contributed by atoms with van der Waals surface area (Å²) in [5.74, 6) is 0.884. The van der Waals surface area contributed by atoms with Gasteiger partial charge in [-0.3, -0.25) is 0 Å². The van der Waals surface area contributed by atoms with Crippen molar-refractivity contribution in [1.82, 2.24) is 8.79 Å². The monoisotopic (exact) mass is 407 g/mol. The van der Waals surface area contributed by atoms with Gasteiger partial charge in [0.05, 0.1) is 0 Å². The summed E-state index contributed by atoms with van der Waals surface area (Å²) < 4.78 is 9.41. The average Bonchev–Trinajstić information content (AvgIpc) is 2.48. The van der Waals surface area contributed by atoms with Crippen LogP contribution in [0.5, 0.6) is 5.75 Å². The molecule has 4 nitrogen and oxygen atoms in total. The summed E-state index contributed by atoms with van der Waals surface area (Å²) in [5.41, 5.74) is 3.49. The van der Waals surface area contributed by atoms with Crippen LogP contribution in [0, 0.1) is 6.92 Å². The van der Waals surface area contributed by atoms with Crippen molar-refractivity contribution in [2.24, 2.45) is 4.99 Å². The number of benzene rings is 1. The van der Waals surface area contributed by atoms with Crippen LogP contribution in [0.15, 0.2) is 41.0 Å². The van der Waals surface area contributed by atoms with Crippen LogP contribution in [0.25, 0.3) is 6.08 Å². The van der Waals surface area contributed by atoms with Gasteiger partial charge >= 0.3 is 141 Å². The van der Waals surface area contributed by atoms with Crippen LogP contribution < -0.4 is 13.5 Å². The molecule has 0 bridgehead atoms. The summed E-state index contributed by atoms with van der Waals surface area (Å²) in [6, 6.07) is 6.18. The Morgan fingerprint density at radius 1 is 1.41 bits per heavy atom. The number of ether oxygens (including phenoxy) is 1. The van der Waals surface area contributed by atoms with E-state index in [9.17, 15) is 0 Å². The Morgan fingerprint density at radius 3 is 2.95 bits per heavy atom. The molecule has 0 amide bonds. The van der Waals surface area contributed by atoms with Gasteiger partial charge in [-0.2, -0.15) is 0 Å². The van der Waals surface area contributed by atoms with Crippen LogP contribution in [-0.2, 0) is 0 Å². The number of aliphatic imine (C=N–C) groups is 1. The van der Waals surface area contributed by atoms with E-state index in [2.05, 4.69) is 48.7 Å². The zero-order chi connectivity index (χ0) is 15.9. The Kier molecular flexibility index (Phi) is 6.53. The maximum atomic E-state index is 5.90. The first-order chi connectivity index (χ1) is 10.6. The zero-order valence-electron chi connectivity index (χ0n) is 13.6. The van der Waals surface area contributed by atoms with Crippen molar-refractivity contribution in [3.8, 4) is 5.75 Å². The van der Waals surface area contributed by atoms with Crippen molar-refractivity contribution in [3.05, 3.63) is 47.2 Å². The third-order valence-corrected chi connectivity index (χ3v) is 5.38. The van der Waals surface area contributed by atoms with Gasteiger partial charge in [-0.25, -0.2) is 0 Å². The molecule has 1 aliphatic heterocycles. The Labute approximate surface area is 140 Å². The molecule has 22 heavy (non-hydrogen) atoms. The topological polar surface area (TPSA) is 45.6 Å². The molecule has 1 aliphatic rings. The van der Waals surface area contributed by atoms with Crippen molar-refractivity contribution in [2.45, 2.75) is 29.9 Å². The number of nitrogens with zero attached hydrogens (tertiary/aromatic N) is 1. The Bertz CT molecular complexity index is 594. The van der Waals surface area contributed by atoms with E-state index in [1.54, 1.807) is 0 Å². The predicted octanol–water partition coefficient (Wildman–Crippen LogP) is 3.09. The third kappa shape index (κ3) is 5.19. The molecule has 0 saturated carbocycles. The van der Waals surface area contributed by atoms with E-state index >= 15 is 0 Å². The predicted molar refractivity (Wildman–Crippen MR) is 95.5 cm³/mol. The Balaban J connectivity index is 1.94. The molecule has 2 N–H and O–H groups in total. The molecule has 1 unspecified atom stereocenters. The zero-order valence-corrected chi connectivity index (χ0v) is 16.2. The molecular formula is C17H24N3OSb. The Morgan fingerprint density at radius 2 is 2.23 bits per heavy atom. The number of hydrogen-bond donors (Lipinski definition) is 2. The normalized spacial score (nSPS) is 17.7. The van der Waals surface area contributed by atoms with E-state index < -0.39 is 20.5 Å². The van der Waals surface area contributed by atoms with E-state index in [1.165, 1.54) is 11.1 Å².